The van der Waals surface area contributed by atoms with Gasteiger partial charge in [0.25, 0.3) is 0 Å². The lowest BCUT2D eigenvalue weighted by atomic mass is 9.96. The van der Waals surface area contributed by atoms with Crippen LogP contribution in [0.4, 0.5) is 0 Å². The van der Waals surface area contributed by atoms with Gasteiger partial charge in [-0.2, -0.15) is 0 Å². The van der Waals surface area contributed by atoms with Crippen LogP contribution in [0.25, 0.3) is 5.57 Å². The van der Waals surface area contributed by atoms with E-state index < -0.39 is 0 Å². The Labute approximate surface area is 134 Å². The molecule has 0 saturated carbocycles. The topological polar surface area (TPSA) is 0 Å². The maximum absolute atomic E-state index is 2.31. The van der Waals surface area contributed by atoms with Crippen molar-refractivity contribution in [2.75, 3.05) is 0 Å². The fraction of sp³-hybridized carbons (Fsp3) is 0.524. The highest BCUT2D eigenvalue weighted by molar-refractivity contribution is 5.69. The number of allylic oxidation sites excluding steroid dienone is 4. The molecule has 1 aromatic rings. The van der Waals surface area contributed by atoms with E-state index in [-0.39, 0.29) is 0 Å². The molecule has 0 saturated heterocycles. The number of rotatable bonds is 3. The number of hydrogen-bond donors (Lipinski definition) is 0. The second-order valence-corrected chi connectivity index (χ2v) is 4.89. The van der Waals surface area contributed by atoms with Crippen LogP contribution < -0.4 is 0 Å². The van der Waals surface area contributed by atoms with Crippen LogP contribution >= 0.6 is 0 Å². The Kier molecular flexibility index (Phi) is 13.0. The standard InChI is InChI=1S/C17H24.2C2H6/c1-7-12(2)14(4)11-15(5)17-10-8-9-13(3)16(17)6;2*1-2/h8-11H,7H2,1-6H3;2*1-2H3/b14-12?,15-11-;;. The zero-order valence-electron chi connectivity index (χ0n) is 16.0. The summed E-state index contributed by atoms with van der Waals surface area (Å²) in [6.45, 7) is 21.2. The third kappa shape index (κ3) is 7.32. The lowest BCUT2D eigenvalue weighted by Gasteiger charge is -2.10. The SMILES string of the molecule is CC.CC.CCC(C)=C(C)/C=C(/C)c1cccc(C)c1C. The van der Waals surface area contributed by atoms with Crippen LogP contribution in [0.5, 0.6) is 0 Å². The molecule has 21 heavy (non-hydrogen) atoms. The summed E-state index contributed by atoms with van der Waals surface area (Å²) in [5.74, 6) is 0. The van der Waals surface area contributed by atoms with Gasteiger partial charge in [-0.15, -0.1) is 0 Å². The van der Waals surface area contributed by atoms with E-state index in [0.717, 1.165) is 6.42 Å². The van der Waals surface area contributed by atoms with Crippen LogP contribution in [0, 0.1) is 13.8 Å². The van der Waals surface area contributed by atoms with Gasteiger partial charge in [-0.1, -0.05) is 70.0 Å². The van der Waals surface area contributed by atoms with Crippen LogP contribution in [0.3, 0.4) is 0 Å². The summed E-state index contributed by atoms with van der Waals surface area (Å²) in [4.78, 5) is 0. The van der Waals surface area contributed by atoms with E-state index in [0.29, 0.717) is 0 Å². The molecule has 0 amide bonds. The van der Waals surface area contributed by atoms with Gasteiger partial charge in [0.1, 0.15) is 0 Å². The molecule has 0 heteroatoms. The molecule has 1 aromatic carbocycles. The largest absolute Gasteiger partial charge is 0.0707 e. The fourth-order valence-electron chi connectivity index (χ4n) is 1.98. The minimum atomic E-state index is 1.13. The van der Waals surface area contributed by atoms with Crippen molar-refractivity contribution in [1.29, 1.82) is 0 Å². The van der Waals surface area contributed by atoms with Crippen LogP contribution in [0.15, 0.2) is 35.4 Å². The van der Waals surface area contributed by atoms with Crippen molar-refractivity contribution in [1.82, 2.24) is 0 Å². The van der Waals surface area contributed by atoms with E-state index in [4.69, 9.17) is 0 Å². The Bertz CT molecular complexity index is 459. The van der Waals surface area contributed by atoms with Crippen molar-refractivity contribution < 1.29 is 0 Å². The average Bonchev–Trinajstić information content (AvgIpc) is 2.52. The number of aryl methyl sites for hydroxylation is 1. The van der Waals surface area contributed by atoms with E-state index in [1.54, 1.807) is 0 Å². The molecule has 0 atom stereocenters. The highest BCUT2D eigenvalue weighted by atomic mass is 14.1. The minimum absolute atomic E-state index is 1.13. The van der Waals surface area contributed by atoms with Gasteiger partial charge in [-0.3, -0.25) is 0 Å². The smallest absolute Gasteiger partial charge is 0.0195 e. The van der Waals surface area contributed by atoms with Gasteiger partial charge in [-0.25, -0.2) is 0 Å². The molecule has 0 aromatic heterocycles. The lowest BCUT2D eigenvalue weighted by molar-refractivity contribution is 1.07. The van der Waals surface area contributed by atoms with Crippen LogP contribution in [-0.4, -0.2) is 0 Å². The first-order valence-electron chi connectivity index (χ1n) is 8.38. The third-order valence-corrected chi connectivity index (χ3v) is 3.67. The minimum Gasteiger partial charge on any atom is -0.0707 e. The fourth-order valence-corrected chi connectivity index (χ4v) is 1.98. The molecule has 0 N–H and O–H groups in total. The molecule has 0 aliphatic carbocycles. The molecule has 0 spiro atoms. The molecule has 0 unspecified atom stereocenters. The summed E-state index contributed by atoms with van der Waals surface area (Å²) in [5.41, 5.74) is 8.35. The highest BCUT2D eigenvalue weighted by Gasteiger charge is 2.02. The van der Waals surface area contributed by atoms with E-state index in [1.165, 1.54) is 33.4 Å². The summed E-state index contributed by atoms with van der Waals surface area (Å²) in [7, 11) is 0. The monoisotopic (exact) mass is 288 g/mol. The van der Waals surface area contributed by atoms with E-state index in [9.17, 15) is 0 Å². The number of benzene rings is 1. The van der Waals surface area contributed by atoms with Crippen LogP contribution in [-0.2, 0) is 0 Å². The summed E-state index contributed by atoms with van der Waals surface area (Å²) < 4.78 is 0. The first kappa shape index (κ1) is 22.0. The molecule has 0 aliphatic heterocycles. The zero-order valence-corrected chi connectivity index (χ0v) is 16.0. The molecule has 0 bridgehead atoms. The average molecular weight is 289 g/mol. The van der Waals surface area contributed by atoms with Gasteiger partial charge in [0.05, 0.1) is 0 Å². The van der Waals surface area contributed by atoms with Gasteiger partial charge < -0.3 is 0 Å². The molecular formula is C21H36. The third-order valence-electron chi connectivity index (χ3n) is 3.67. The Morgan fingerprint density at radius 3 is 1.95 bits per heavy atom. The van der Waals surface area contributed by atoms with Crippen molar-refractivity contribution in [3.05, 3.63) is 52.1 Å². The second-order valence-electron chi connectivity index (χ2n) is 4.89. The predicted octanol–water partition coefficient (Wildman–Crippen LogP) is 7.51. The first-order valence-corrected chi connectivity index (χ1v) is 8.38. The predicted molar refractivity (Wildman–Crippen MR) is 101 cm³/mol. The molecule has 0 fully saturated rings. The maximum Gasteiger partial charge on any atom is -0.0195 e. The molecule has 0 radical (unpaired) electrons. The van der Waals surface area contributed by atoms with Gasteiger partial charge in [0.2, 0.25) is 0 Å². The molecule has 0 heterocycles. The van der Waals surface area contributed by atoms with Crippen molar-refractivity contribution in [2.24, 2.45) is 0 Å². The summed E-state index contributed by atoms with van der Waals surface area (Å²) in [6.07, 6.45) is 3.43. The first-order chi connectivity index (χ1) is 9.97. The molecule has 0 aliphatic rings. The lowest BCUT2D eigenvalue weighted by Crippen LogP contribution is -1.90. The summed E-state index contributed by atoms with van der Waals surface area (Å²) in [5, 5.41) is 0. The normalized spacial score (nSPS) is 11.6. The van der Waals surface area contributed by atoms with Gasteiger partial charge >= 0.3 is 0 Å². The Morgan fingerprint density at radius 2 is 1.48 bits per heavy atom. The van der Waals surface area contributed by atoms with E-state index >= 15 is 0 Å². The highest BCUT2D eigenvalue weighted by Crippen LogP contribution is 2.23. The van der Waals surface area contributed by atoms with Gasteiger partial charge in [-0.05, 0) is 63.3 Å². The van der Waals surface area contributed by atoms with E-state index in [2.05, 4.69) is 65.8 Å². The molecule has 1 rings (SSSR count). The Hall–Kier alpha value is -1.30. The molecular weight excluding hydrogens is 252 g/mol. The number of hydrogen-bond acceptors (Lipinski definition) is 0. The summed E-state index contributed by atoms with van der Waals surface area (Å²) >= 11 is 0. The van der Waals surface area contributed by atoms with Crippen molar-refractivity contribution in [3.8, 4) is 0 Å². The summed E-state index contributed by atoms with van der Waals surface area (Å²) in [6, 6.07) is 6.52. The van der Waals surface area contributed by atoms with Crippen molar-refractivity contribution in [2.45, 2.75) is 75.7 Å². The van der Waals surface area contributed by atoms with Gasteiger partial charge in [0.15, 0.2) is 0 Å². The van der Waals surface area contributed by atoms with E-state index in [1.807, 2.05) is 27.7 Å². The second kappa shape index (κ2) is 12.4. The zero-order chi connectivity index (χ0) is 17.0. The maximum atomic E-state index is 2.31. The van der Waals surface area contributed by atoms with Crippen molar-refractivity contribution in [3.63, 3.8) is 0 Å². The molecule has 0 nitrogen and oxygen atoms in total. The molecule has 120 valence electrons. The van der Waals surface area contributed by atoms with Crippen molar-refractivity contribution >= 4 is 5.57 Å². The van der Waals surface area contributed by atoms with Crippen LogP contribution in [0.1, 0.15) is 78.5 Å². The Balaban J connectivity index is 0. The Morgan fingerprint density at radius 1 is 0.952 bits per heavy atom. The van der Waals surface area contributed by atoms with Crippen LogP contribution in [0.2, 0.25) is 0 Å². The van der Waals surface area contributed by atoms with Gasteiger partial charge in [0, 0.05) is 0 Å². The quantitative estimate of drug-likeness (QED) is 0.505.